The van der Waals surface area contributed by atoms with Gasteiger partial charge < -0.3 is 11.1 Å². The number of carbonyl (C=O) groups excluding carboxylic acids is 1. The van der Waals surface area contributed by atoms with Crippen molar-refractivity contribution in [3.63, 3.8) is 0 Å². The lowest BCUT2D eigenvalue weighted by Gasteiger charge is -2.25. The minimum atomic E-state index is 0. The number of amides is 1. The van der Waals surface area contributed by atoms with E-state index in [0.29, 0.717) is 6.54 Å². The summed E-state index contributed by atoms with van der Waals surface area (Å²) in [6.45, 7) is 0.672. The quantitative estimate of drug-likeness (QED) is 0.864. The van der Waals surface area contributed by atoms with Gasteiger partial charge in [0.05, 0.1) is 6.54 Å². The average molecular weight is 372 g/mol. The maximum atomic E-state index is 12.3. The SMILES string of the molecule is Cl.Cl.NC1CCCC(C(=O)Nc2ccc(Cn3cncn3)cc2)C1. The Morgan fingerprint density at radius 1 is 1.25 bits per heavy atom. The molecule has 1 saturated carbocycles. The number of rotatable bonds is 4. The third kappa shape index (κ3) is 5.47. The summed E-state index contributed by atoms with van der Waals surface area (Å²) in [5.41, 5.74) is 7.89. The van der Waals surface area contributed by atoms with Crippen LogP contribution in [0.25, 0.3) is 0 Å². The van der Waals surface area contributed by atoms with E-state index >= 15 is 0 Å². The Hall–Kier alpha value is -1.63. The smallest absolute Gasteiger partial charge is 0.227 e. The zero-order valence-corrected chi connectivity index (χ0v) is 14.9. The molecule has 8 heteroatoms. The second-order valence-electron chi connectivity index (χ2n) is 5.90. The molecule has 0 saturated heterocycles. The number of nitrogens with two attached hydrogens (primary N) is 1. The van der Waals surface area contributed by atoms with Gasteiger partial charge in [0.2, 0.25) is 5.91 Å². The summed E-state index contributed by atoms with van der Waals surface area (Å²) in [5.74, 6) is 0.123. The van der Waals surface area contributed by atoms with Crippen LogP contribution in [0.1, 0.15) is 31.2 Å². The van der Waals surface area contributed by atoms with Crippen LogP contribution >= 0.6 is 24.8 Å². The van der Waals surface area contributed by atoms with Gasteiger partial charge in [-0.15, -0.1) is 24.8 Å². The first-order valence-electron chi connectivity index (χ1n) is 7.68. The minimum Gasteiger partial charge on any atom is -0.328 e. The second-order valence-corrected chi connectivity index (χ2v) is 5.90. The number of hydrogen-bond acceptors (Lipinski definition) is 4. The monoisotopic (exact) mass is 371 g/mol. The molecule has 0 spiro atoms. The van der Waals surface area contributed by atoms with Crippen LogP contribution < -0.4 is 11.1 Å². The predicted octanol–water partition coefficient (Wildman–Crippen LogP) is 2.63. The standard InChI is InChI=1S/C16H21N5O.2ClH/c17-14-3-1-2-13(8-14)16(22)20-15-6-4-12(5-7-15)9-21-11-18-10-19-21;;/h4-7,10-11,13-14H,1-3,8-9,17H2,(H,20,22);2*1H. The molecule has 2 aromatic rings. The molecule has 0 aliphatic heterocycles. The number of hydrogen-bond donors (Lipinski definition) is 2. The average Bonchev–Trinajstić information content (AvgIpc) is 3.02. The molecule has 1 amide bonds. The van der Waals surface area contributed by atoms with Crippen molar-refractivity contribution >= 4 is 36.4 Å². The van der Waals surface area contributed by atoms with Crippen molar-refractivity contribution in [3.05, 3.63) is 42.5 Å². The number of carbonyl (C=O) groups is 1. The number of benzene rings is 1. The van der Waals surface area contributed by atoms with Crippen molar-refractivity contribution in [1.29, 1.82) is 0 Å². The van der Waals surface area contributed by atoms with Gasteiger partial charge in [0, 0.05) is 17.6 Å². The molecule has 132 valence electrons. The van der Waals surface area contributed by atoms with Crippen LogP contribution in [0.4, 0.5) is 5.69 Å². The van der Waals surface area contributed by atoms with Crippen molar-refractivity contribution in [1.82, 2.24) is 14.8 Å². The Morgan fingerprint density at radius 2 is 2.00 bits per heavy atom. The van der Waals surface area contributed by atoms with E-state index in [0.717, 1.165) is 36.9 Å². The molecule has 24 heavy (non-hydrogen) atoms. The number of anilines is 1. The molecule has 1 aliphatic carbocycles. The van der Waals surface area contributed by atoms with Crippen molar-refractivity contribution in [2.75, 3.05) is 5.32 Å². The van der Waals surface area contributed by atoms with E-state index in [1.165, 1.54) is 6.33 Å². The van der Waals surface area contributed by atoms with Crippen LogP contribution in [0.2, 0.25) is 0 Å². The van der Waals surface area contributed by atoms with Crippen molar-refractivity contribution in [3.8, 4) is 0 Å². The largest absolute Gasteiger partial charge is 0.328 e. The summed E-state index contributed by atoms with van der Waals surface area (Å²) < 4.78 is 1.76. The Morgan fingerprint density at radius 3 is 2.62 bits per heavy atom. The number of nitrogens with zero attached hydrogens (tertiary/aromatic N) is 3. The van der Waals surface area contributed by atoms with Crippen LogP contribution in [0.15, 0.2) is 36.9 Å². The van der Waals surface area contributed by atoms with Gasteiger partial charge in [0.15, 0.2) is 0 Å². The van der Waals surface area contributed by atoms with Gasteiger partial charge in [-0.2, -0.15) is 5.10 Å². The Kier molecular flexibility index (Phi) is 8.18. The maximum absolute atomic E-state index is 12.3. The summed E-state index contributed by atoms with van der Waals surface area (Å²) in [5, 5.41) is 7.06. The highest BCUT2D eigenvalue weighted by molar-refractivity contribution is 5.92. The minimum absolute atomic E-state index is 0. The fourth-order valence-electron chi connectivity index (χ4n) is 2.90. The molecular formula is C16H23Cl2N5O. The fraction of sp³-hybridized carbons (Fsp3) is 0.438. The molecule has 1 aromatic heterocycles. The highest BCUT2D eigenvalue weighted by atomic mass is 35.5. The first kappa shape index (κ1) is 20.4. The van der Waals surface area contributed by atoms with Gasteiger partial charge >= 0.3 is 0 Å². The zero-order chi connectivity index (χ0) is 15.4. The molecule has 3 N–H and O–H groups in total. The first-order valence-corrected chi connectivity index (χ1v) is 7.68. The number of nitrogens with one attached hydrogen (secondary N) is 1. The normalized spacial score (nSPS) is 19.7. The molecule has 1 aliphatic rings. The molecule has 2 atom stereocenters. The molecular weight excluding hydrogens is 349 g/mol. The highest BCUT2D eigenvalue weighted by Crippen LogP contribution is 2.24. The Labute approximate surface area is 154 Å². The van der Waals surface area contributed by atoms with Gasteiger partial charge in [-0.05, 0) is 37.0 Å². The lowest BCUT2D eigenvalue weighted by Crippen LogP contribution is -2.34. The summed E-state index contributed by atoms with van der Waals surface area (Å²) in [7, 11) is 0. The van der Waals surface area contributed by atoms with Crippen molar-refractivity contribution in [2.24, 2.45) is 11.7 Å². The summed E-state index contributed by atoms with van der Waals surface area (Å²) in [6.07, 6.45) is 6.99. The number of aromatic nitrogens is 3. The molecule has 1 heterocycles. The van der Waals surface area contributed by atoms with Crippen LogP contribution in [0, 0.1) is 5.92 Å². The molecule has 1 aromatic carbocycles. The van der Waals surface area contributed by atoms with E-state index in [9.17, 15) is 4.79 Å². The molecule has 2 unspecified atom stereocenters. The molecule has 6 nitrogen and oxygen atoms in total. The topological polar surface area (TPSA) is 85.8 Å². The van der Waals surface area contributed by atoms with Crippen LogP contribution in [0.3, 0.4) is 0 Å². The maximum Gasteiger partial charge on any atom is 0.227 e. The van der Waals surface area contributed by atoms with E-state index in [2.05, 4.69) is 15.4 Å². The second kappa shape index (κ2) is 9.61. The molecule has 3 rings (SSSR count). The lowest BCUT2D eigenvalue weighted by molar-refractivity contribution is -0.120. The third-order valence-electron chi connectivity index (χ3n) is 4.12. The van der Waals surface area contributed by atoms with Crippen molar-refractivity contribution < 1.29 is 4.79 Å². The Balaban J connectivity index is 0.00000144. The van der Waals surface area contributed by atoms with Gasteiger partial charge in [-0.1, -0.05) is 18.6 Å². The molecule has 1 fully saturated rings. The van der Waals surface area contributed by atoms with E-state index in [-0.39, 0.29) is 42.7 Å². The van der Waals surface area contributed by atoms with Gasteiger partial charge in [0.25, 0.3) is 0 Å². The summed E-state index contributed by atoms with van der Waals surface area (Å²) in [4.78, 5) is 16.2. The zero-order valence-electron chi connectivity index (χ0n) is 13.3. The van der Waals surface area contributed by atoms with Crippen LogP contribution in [-0.4, -0.2) is 26.7 Å². The van der Waals surface area contributed by atoms with Gasteiger partial charge in [-0.3, -0.25) is 4.79 Å². The third-order valence-corrected chi connectivity index (χ3v) is 4.12. The summed E-state index contributed by atoms with van der Waals surface area (Å²) in [6, 6.07) is 7.99. The number of halogens is 2. The molecule has 0 bridgehead atoms. The van der Waals surface area contributed by atoms with Crippen LogP contribution in [0.5, 0.6) is 0 Å². The fourth-order valence-corrected chi connectivity index (χ4v) is 2.90. The molecule has 0 radical (unpaired) electrons. The highest BCUT2D eigenvalue weighted by Gasteiger charge is 2.25. The first-order chi connectivity index (χ1) is 10.7. The predicted molar refractivity (Wildman–Crippen MR) is 98.6 cm³/mol. The van der Waals surface area contributed by atoms with Gasteiger partial charge in [0.1, 0.15) is 12.7 Å². The van der Waals surface area contributed by atoms with E-state index in [1.54, 1.807) is 11.0 Å². The van der Waals surface area contributed by atoms with E-state index < -0.39 is 0 Å². The van der Waals surface area contributed by atoms with Crippen LogP contribution in [-0.2, 0) is 11.3 Å². The van der Waals surface area contributed by atoms with Crippen molar-refractivity contribution in [2.45, 2.75) is 38.3 Å². The van der Waals surface area contributed by atoms with E-state index in [1.807, 2.05) is 24.3 Å². The summed E-state index contributed by atoms with van der Waals surface area (Å²) >= 11 is 0. The van der Waals surface area contributed by atoms with Gasteiger partial charge in [-0.25, -0.2) is 9.67 Å². The lowest BCUT2D eigenvalue weighted by atomic mass is 9.85. The van der Waals surface area contributed by atoms with E-state index in [4.69, 9.17) is 5.73 Å². The Bertz CT molecular complexity index is 618.